The summed E-state index contributed by atoms with van der Waals surface area (Å²) in [6.07, 6.45) is 0. The molecule has 1 aliphatic rings. The van der Waals surface area contributed by atoms with E-state index in [0.29, 0.717) is 16.3 Å². The molecule has 4 rings (SSSR count). The molecule has 0 bridgehead atoms. The van der Waals surface area contributed by atoms with Gasteiger partial charge in [0.25, 0.3) is 5.91 Å². The van der Waals surface area contributed by atoms with Gasteiger partial charge in [-0.15, -0.1) is 0 Å². The Balaban J connectivity index is 1.89. The number of fused-ring (bicyclic) bond motifs is 1. The van der Waals surface area contributed by atoms with Gasteiger partial charge in [-0.05, 0) is 42.0 Å². The molecule has 2 amide bonds. The van der Waals surface area contributed by atoms with Crippen LogP contribution in [0.25, 0.3) is 0 Å². The summed E-state index contributed by atoms with van der Waals surface area (Å²) in [5.41, 5.74) is 2.86. The van der Waals surface area contributed by atoms with E-state index in [9.17, 15) is 9.59 Å². The third kappa shape index (κ3) is 3.68. The molecule has 140 valence electrons. The molecule has 0 saturated carbocycles. The van der Waals surface area contributed by atoms with E-state index >= 15 is 0 Å². The highest BCUT2D eigenvalue weighted by molar-refractivity contribution is 9.10. The molecule has 0 radical (unpaired) electrons. The van der Waals surface area contributed by atoms with Gasteiger partial charge in [0.1, 0.15) is 6.54 Å². The molecular weight excluding hydrogens is 440 g/mol. The van der Waals surface area contributed by atoms with Gasteiger partial charge in [-0.1, -0.05) is 63.9 Å². The number of anilines is 1. The fourth-order valence-corrected chi connectivity index (χ4v) is 4.03. The molecule has 6 heteroatoms. The average Bonchev–Trinajstić information content (AvgIpc) is 2.83. The molecular formula is C22H16BrClN2O2. The molecule has 1 N–H and O–H groups in total. The smallest absolute Gasteiger partial charge is 0.255 e. The quantitative estimate of drug-likeness (QED) is 0.571. The molecule has 1 heterocycles. The van der Waals surface area contributed by atoms with Crippen molar-refractivity contribution in [2.24, 2.45) is 0 Å². The third-order valence-electron chi connectivity index (χ3n) is 4.66. The van der Waals surface area contributed by atoms with Gasteiger partial charge in [0.2, 0.25) is 5.91 Å². The molecule has 0 aliphatic carbocycles. The van der Waals surface area contributed by atoms with Crippen LogP contribution in [0.2, 0.25) is 5.02 Å². The van der Waals surface area contributed by atoms with Crippen molar-refractivity contribution in [1.29, 1.82) is 0 Å². The monoisotopic (exact) mass is 454 g/mol. The van der Waals surface area contributed by atoms with Gasteiger partial charge in [0, 0.05) is 26.3 Å². The Kier molecular flexibility index (Phi) is 5.20. The molecule has 1 atom stereocenters. The first-order valence-electron chi connectivity index (χ1n) is 8.74. The summed E-state index contributed by atoms with van der Waals surface area (Å²) in [7, 11) is 0. The largest absolute Gasteiger partial charge is 0.324 e. The highest BCUT2D eigenvalue weighted by Crippen LogP contribution is 2.38. The topological polar surface area (TPSA) is 49.4 Å². The van der Waals surface area contributed by atoms with E-state index in [-0.39, 0.29) is 18.4 Å². The zero-order chi connectivity index (χ0) is 19.7. The van der Waals surface area contributed by atoms with E-state index < -0.39 is 6.04 Å². The lowest BCUT2D eigenvalue weighted by Gasteiger charge is -2.30. The highest BCUT2D eigenvalue weighted by atomic mass is 79.9. The van der Waals surface area contributed by atoms with Gasteiger partial charge >= 0.3 is 0 Å². The van der Waals surface area contributed by atoms with Gasteiger partial charge in [-0.3, -0.25) is 9.59 Å². The minimum absolute atomic E-state index is 0.0583. The molecule has 28 heavy (non-hydrogen) atoms. The van der Waals surface area contributed by atoms with Gasteiger partial charge in [0.15, 0.2) is 0 Å². The Labute approximate surface area is 176 Å². The minimum atomic E-state index is -0.444. The summed E-state index contributed by atoms with van der Waals surface area (Å²) in [6.45, 7) is -0.0583. The van der Waals surface area contributed by atoms with Crippen molar-refractivity contribution in [2.45, 2.75) is 6.04 Å². The maximum Gasteiger partial charge on any atom is 0.255 e. The number of benzene rings is 3. The summed E-state index contributed by atoms with van der Waals surface area (Å²) < 4.78 is 0.803. The van der Waals surface area contributed by atoms with Crippen LogP contribution in [0, 0.1) is 0 Å². The van der Waals surface area contributed by atoms with E-state index in [2.05, 4.69) is 21.2 Å². The van der Waals surface area contributed by atoms with Crippen LogP contribution in [0.15, 0.2) is 77.3 Å². The summed E-state index contributed by atoms with van der Waals surface area (Å²) in [4.78, 5) is 27.6. The number of hydrogen-bond donors (Lipinski definition) is 1. The number of rotatable bonds is 2. The summed E-state index contributed by atoms with van der Waals surface area (Å²) in [6, 6.07) is 21.7. The first kappa shape index (κ1) is 18.7. The predicted octanol–water partition coefficient (Wildman–Crippen LogP) is 5.29. The van der Waals surface area contributed by atoms with Crippen LogP contribution in [0.4, 0.5) is 5.69 Å². The normalized spacial score (nSPS) is 16.1. The van der Waals surface area contributed by atoms with E-state index in [4.69, 9.17) is 11.6 Å². The molecule has 0 aromatic heterocycles. The molecule has 0 saturated heterocycles. The van der Waals surface area contributed by atoms with Crippen molar-refractivity contribution >= 4 is 45.0 Å². The maximum absolute atomic E-state index is 13.4. The van der Waals surface area contributed by atoms with Crippen LogP contribution in [0.1, 0.15) is 27.5 Å². The lowest BCUT2D eigenvalue weighted by atomic mass is 9.95. The minimum Gasteiger partial charge on any atom is -0.324 e. The zero-order valence-electron chi connectivity index (χ0n) is 14.7. The summed E-state index contributed by atoms with van der Waals surface area (Å²) >= 11 is 9.67. The highest BCUT2D eigenvalue weighted by Gasteiger charge is 2.34. The second-order valence-corrected chi connectivity index (χ2v) is 7.89. The number of halogens is 2. The van der Waals surface area contributed by atoms with E-state index in [1.54, 1.807) is 41.3 Å². The van der Waals surface area contributed by atoms with Gasteiger partial charge in [0.05, 0.1) is 6.04 Å². The molecule has 0 spiro atoms. The van der Waals surface area contributed by atoms with E-state index in [1.807, 2.05) is 36.4 Å². The van der Waals surface area contributed by atoms with Crippen LogP contribution in [0.3, 0.4) is 0 Å². The molecule has 3 aromatic carbocycles. The first-order valence-corrected chi connectivity index (χ1v) is 9.91. The lowest BCUT2D eigenvalue weighted by molar-refractivity contribution is -0.117. The summed E-state index contributed by atoms with van der Waals surface area (Å²) in [5.74, 6) is -0.469. The van der Waals surface area contributed by atoms with Crippen LogP contribution >= 0.6 is 27.5 Å². The number of carbonyl (C=O) groups is 2. The molecule has 4 nitrogen and oxygen atoms in total. The summed E-state index contributed by atoms with van der Waals surface area (Å²) in [5, 5.41) is 3.44. The van der Waals surface area contributed by atoms with Gasteiger partial charge in [-0.2, -0.15) is 0 Å². The zero-order valence-corrected chi connectivity index (χ0v) is 17.1. The Hall–Kier alpha value is -2.63. The Morgan fingerprint density at radius 1 is 1.04 bits per heavy atom. The van der Waals surface area contributed by atoms with Crippen LogP contribution in [-0.2, 0) is 4.79 Å². The van der Waals surface area contributed by atoms with Crippen molar-refractivity contribution in [3.8, 4) is 0 Å². The van der Waals surface area contributed by atoms with Crippen molar-refractivity contribution in [1.82, 2.24) is 4.90 Å². The second kappa shape index (κ2) is 7.78. The standard InChI is InChI=1S/C22H16BrClN2O2/c23-16-8-4-7-15(11-16)22(28)26-13-20(27)25-19-10-9-17(24)12-18(19)21(26)14-5-2-1-3-6-14/h1-12,21H,13H2,(H,25,27). The fraction of sp³-hybridized carbons (Fsp3) is 0.0909. The fourth-order valence-electron chi connectivity index (χ4n) is 3.45. The molecule has 0 fully saturated rings. The Morgan fingerprint density at radius 3 is 2.57 bits per heavy atom. The third-order valence-corrected chi connectivity index (χ3v) is 5.38. The SMILES string of the molecule is O=C1CN(C(=O)c2cccc(Br)c2)C(c2ccccc2)c2cc(Cl)ccc2N1. The van der Waals surface area contributed by atoms with E-state index in [1.165, 1.54) is 0 Å². The average molecular weight is 456 g/mol. The van der Waals surface area contributed by atoms with Crippen LogP contribution in [0.5, 0.6) is 0 Å². The first-order chi connectivity index (χ1) is 13.5. The van der Waals surface area contributed by atoms with Gasteiger partial charge in [-0.25, -0.2) is 0 Å². The number of nitrogens with one attached hydrogen (secondary N) is 1. The lowest BCUT2D eigenvalue weighted by Crippen LogP contribution is -2.39. The van der Waals surface area contributed by atoms with Crippen LogP contribution < -0.4 is 5.32 Å². The second-order valence-electron chi connectivity index (χ2n) is 6.54. The van der Waals surface area contributed by atoms with Crippen molar-refractivity contribution in [3.63, 3.8) is 0 Å². The number of nitrogens with zero attached hydrogens (tertiary/aromatic N) is 1. The predicted molar refractivity (Wildman–Crippen MR) is 114 cm³/mol. The number of hydrogen-bond acceptors (Lipinski definition) is 2. The number of amides is 2. The molecule has 3 aromatic rings. The van der Waals surface area contributed by atoms with Crippen molar-refractivity contribution < 1.29 is 9.59 Å². The Morgan fingerprint density at radius 2 is 1.82 bits per heavy atom. The van der Waals surface area contributed by atoms with Crippen molar-refractivity contribution in [3.05, 3.63) is 99.0 Å². The number of carbonyl (C=O) groups excluding carboxylic acids is 2. The van der Waals surface area contributed by atoms with E-state index in [0.717, 1.165) is 15.6 Å². The van der Waals surface area contributed by atoms with Crippen LogP contribution in [-0.4, -0.2) is 23.3 Å². The molecule has 1 aliphatic heterocycles. The van der Waals surface area contributed by atoms with Gasteiger partial charge < -0.3 is 10.2 Å². The Bertz CT molecular complexity index is 1060. The molecule has 1 unspecified atom stereocenters. The van der Waals surface area contributed by atoms with Crippen molar-refractivity contribution in [2.75, 3.05) is 11.9 Å². The maximum atomic E-state index is 13.4.